The highest BCUT2D eigenvalue weighted by molar-refractivity contribution is 8.00. The van der Waals surface area contributed by atoms with Gasteiger partial charge < -0.3 is 4.74 Å². The van der Waals surface area contributed by atoms with Gasteiger partial charge in [-0.15, -0.1) is 11.8 Å². The van der Waals surface area contributed by atoms with Gasteiger partial charge in [-0.05, 0) is 31.5 Å². The average Bonchev–Trinajstić information content (AvgIpc) is 2.40. The summed E-state index contributed by atoms with van der Waals surface area (Å²) >= 11 is 7.58. The highest BCUT2D eigenvalue weighted by Gasteiger charge is 2.10. The first-order valence-corrected chi connectivity index (χ1v) is 7.15. The molecule has 0 aliphatic carbocycles. The molecule has 2 rings (SSSR count). The minimum atomic E-state index is -0.238. The number of rotatable bonds is 3. The van der Waals surface area contributed by atoms with Crippen molar-refractivity contribution in [1.82, 2.24) is 4.98 Å². The molecular formula is C14H14ClNO2S. The molecule has 0 atom stereocenters. The van der Waals surface area contributed by atoms with E-state index in [-0.39, 0.29) is 11.7 Å². The van der Waals surface area contributed by atoms with Crippen LogP contribution in [0.2, 0.25) is 5.02 Å². The quantitative estimate of drug-likeness (QED) is 0.638. The number of aromatic nitrogens is 1. The molecule has 0 bridgehead atoms. The fourth-order valence-corrected chi connectivity index (χ4v) is 2.93. The van der Waals surface area contributed by atoms with Crippen LogP contribution in [0.15, 0.2) is 23.1 Å². The van der Waals surface area contributed by atoms with E-state index < -0.39 is 0 Å². The van der Waals surface area contributed by atoms with Crippen LogP contribution in [0.1, 0.15) is 11.3 Å². The number of pyridine rings is 1. The van der Waals surface area contributed by atoms with Gasteiger partial charge in [0, 0.05) is 21.0 Å². The molecule has 2 aromatic rings. The maximum absolute atomic E-state index is 11.2. The van der Waals surface area contributed by atoms with Crippen molar-refractivity contribution in [1.29, 1.82) is 0 Å². The lowest BCUT2D eigenvalue weighted by Crippen LogP contribution is -2.03. The third-order valence-electron chi connectivity index (χ3n) is 2.83. The Morgan fingerprint density at radius 1 is 1.42 bits per heavy atom. The lowest BCUT2D eigenvalue weighted by atomic mass is 10.1. The van der Waals surface area contributed by atoms with E-state index in [1.807, 2.05) is 32.0 Å². The summed E-state index contributed by atoms with van der Waals surface area (Å²) in [5.41, 5.74) is 2.76. The first-order chi connectivity index (χ1) is 9.02. The number of aryl methyl sites for hydroxylation is 2. The number of hydrogen-bond donors (Lipinski definition) is 0. The number of halogens is 1. The molecule has 1 heterocycles. The largest absolute Gasteiger partial charge is 0.468 e. The zero-order valence-corrected chi connectivity index (χ0v) is 12.6. The van der Waals surface area contributed by atoms with Crippen LogP contribution >= 0.6 is 23.4 Å². The number of esters is 1. The molecule has 0 fully saturated rings. The van der Waals surface area contributed by atoms with Crippen LogP contribution in [0.25, 0.3) is 10.9 Å². The van der Waals surface area contributed by atoms with Gasteiger partial charge in [-0.25, -0.2) is 0 Å². The van der Waals surface area contributed by atoms with E-state index in [4.69, 9.17) is 11.6 Å². The summed E-state index contributed by atoms with van der Waals surface area (Å²) in [5, 5.41) is 1.72. The topological polar surface area (TPSA) is 39.2 Å². The predicted molar refractivity (Wildman–Crippen MR) is 79.0 cm³/mol. The second-order valence-electron chi connectivity index (χ2n) is 4.20. The minimum Gasteiger partial charge on any atom is -0.468 e. The van der Waals surface area contributed by atoms with Crippen LogP contribution < -0.4 is 0 Å². The van der Waals surface area contributed by atoms with Crippen LogP contribution in [0.5, 0.6) is 0 Å². The summed E-state index contributed by atoms with van der Waals surface area (Å²) in [4.78, 5) is 16.8. The Morgan fingerprint density at radius 3 is 2.84 bits per heavy atom. The smallest absolute Gasteiger partial charge is 0.315 e. The Morgan fingerprint density at radius 2 is 2.16 bits per heavy atom. The maximum atomic E-state index is 11.2. The molecule has 0 amide bonds. The van der Waals surface area contributed by atoms with Gasteiger partial charge in [-0.2, -0.15) is 0 Å². The SMILES string of the molecule is COC(=O)CSc1cc(C)nc2c(C)c(Cl)ccc12. The van der Waals surface area contributed by atoms with Gasteiger partial charge in [0.2, 0.25) is 0 Å². The standard InChI is InChI=1S/C14H14ClNO2S/c1-8-6-12(19-7-13(17)18-3)10-4-5-11(15)9(2)14(10)16-8/h4-6H,7H2,1-3H3. The summed E-state index contributed by atoms with van der Waals surface area (Å²) in [6.07, 6.45) is 0. The van der Waals surface area contributed by atoms with Crippen LogP contribution in [0.4, 0.5) is 0 Å². The van der Waals surface area contributed by atoms with Gasteiger partial charge in [0.1, 0.15) is 0 Å². The Kier molecular flexibility index (Phi) is 4.32. The van der Waals surface area contributed by atoms with Gasteiger partial charge in [-0.1, -0.05) is 17.7 Å². The Labute approximate surface area is 121 Å². The molecule has 0 radical (unpaired) electrons. The number of benzene rings is 1. The van der Waals surface area contributed by atoms with E-state index in [0.717, 1.165) is 27.1 Å². The van der Waals surface area contributed by atoms with Crippen molar-refractivity contribution in [2.45, 2.75) is 18.7 Å². The Bertz CT molecular complexity index is 643. The van der Waals surface area contributed by atoms with E-state index in [1.54, 1.807) is 0 Å². The summed E-state index contributed by atoms with van der Waals surface area (Å²) < 4.78 is 4.66. The van der Waals surface area contributed by atoms with Crippen LogP contribution in [0.3, 0.4) is 0 Å². The monoisotopic (exact) mass is 295 g/mol. The van der Waals surface area contributed by atoms with Crippen molar-refractivity contribution in [2.24, 2.45) is 0 Å². The minimum absolute atomic E-state index is 0.238. The lowest BCUT2D eigenvalue weighted by Gasteiger charge is -2.10. The highest BCUT2D eigenvalue weighted by atomic mass is 35.5. The van der Waals surface area contributed by atoms with Crippen molar-refractivity contribution < 1.29 is 9.53 Å². The number of carbonyl (C=O) groups is 1. The molecule has 100 valence electrons. The number of nitrogens with zero attached hydrogens (tertiary/aromatic N) is 1. The molecule has 0 aliphatic heterocycles. The van der Waals surface area contributed by atoms with E-state index in [1.165, 1.54) is 18.9 Å². The van der Waals surface area contributed by atoms with Crippen molar-refractivity contribution in [3.8, 4) is 0 Å². The Balaban J connectivity index is 2.49. The number of fused-ring (bicyclic) bond motifs is 1. The second kappa shape index (κ2) is 5.80. The zero-order chi connectivity index (χ0) is 14.0. The maximum Gasteiger partial charge on any atom is 0.315 e. The number of hydrogen-bond acceptors (Lipinski definition) is 4. The molecule has 3 nitrogen and oxygen atoms in total. The first kappa shape index (κ1) is 14.2. The third kappa shape index (κ3) is 3.01. The Hall–Kier alpha value is -1.26. The summed E-state index contributed by atoms with van der Waals surface area (Å²) in [7, 11) is 1.39. The van der Waals surface area contributed by atoms with E-state index in [2.05, 4.69) is 9.72 Å². The molecule has 5 heteroatoms. The average molecular weight is 296 g/mol. The summed E-state index contributed by atoms with van der Waals surface area (Å²) in [6.45, 7) is 3.88. The predicted octanol–water partition coefficient (Wildman–Crippen LogP) is 3.77. The van der Waals surface area contributed by atoms with Gasteiger partial charge in [0.05, 0.1) is 18.4 Å². The van der Waals surface area contributed by atoms with Gasteiger partial charge in [-0.3, -0.25) is 9.78 Å². The molecule has 1 aromatic heterocycles. The van der Waals surface area contributed by atoms with E-state index >= 15 is 0 Å². The van der Waals surface area contributed by atoms with Crippen molar-refractivity contribution in [3.63, 3.8) is 0 Å². The molecule has 0 N–H and O–H groups in total. The normalized spacial score (nSPS) is 10.7. The molecule has 19 heavy (non-hydrogen) atoms. The van der Waals surface area contributed by atoms with Crippen LogP contribution in [0, 0.1) is 13.8 Å². The highest BCUT2D eigenvalue weighted by Crippen LogP contribution is 2.32. The van der Waals surface area contributed by atoms with E-state index in [9.17, 15) is 4.79 Å². The van der Waals surface area contributed by atoms with Crippen LogP contribution in [-0.4, -0.2) is 23.8 Å². The molecule has 0 saturated heterocycles. The summed E-state index contributed by atoms with van der Waals surface area (Å²) in [6, 6.07) is 5.78. The van der Waals surface area contributed by atoms with Crippen molar-refractivity contribution in [3.05, 3.63) is 34.5 Å². The van der Waals surface area contributed by atoms with E-state index in [0.29, 0.717) is 5.02 Å². The molecule has 0 spiro atoms. The number of methoxy groups -OCH3 is 1. The van der Waals surface area contributed by atoms with Crippen molar-refractivity contribution >= 4 is 40.2 Å². The second-order valence-corrected chi connectivity index (χ2v) is 5.62. The molecule has 1 aromatic carbocycles. The molecule has 0 unspecified atom stereocenters. The third-order valence-corrected chi connectivity index (χ3v) is 4.27. The zero-order valence-electron chi connectivity index (χ0n) is 11.0. The van der Waals surface area contributed by atoms with Crippen molar-refractivity contribution in [2.75, 3.05) is 12.9 Å². The number of thioether (sulfide) groups is 1. The lowest BCUT2D eigenvalue weighted by molar-refractivity contribution is -0.137. The molecular weight excluding hydrogens is 282 g/mol. The van der Waals surface area contributed by atoms with Gasteiger partial charge in [0.15, 0.2) is 0 Å². The van der Waals surface area contributed by atoms with Crippen LogP contribution in [-0.2, 0) is 9.53 Å². The first-order valence-electron chi connectivity index (χ1n) is 5.79. The fourth-order valence-electron chi connectivity index (χ4n) is 1.81. The van der Waals surface area contributed by atoms with Gasteiger partial charge >= 0.3 is 5.97 Å². The van der Waals surface area contributed by atoms with Gasteiger partial charge in [0.25, 0.3) is 0 Å². The summed E-state index contributed by atoms with van der Waals surface area (Å²) in [5.74, 6) is 0.0507. The molecule has 0 aliphatic rings. The number of carbonyl (C=O) groups excluding carboxylic acids is 1. The fraction of sp³-hybridized carbons (Fsp3) is 0.286. The number of ether oxygens (including phenoxy) is 1. The molecule has 0 saturated carbocycles.